The highest BCUT2D eigenvalue weighted by molar-refractivity contribution is 6.00. The lowest BCUT2D eigenvalue weighted by molar-refractivity contribution is -0.171. The summed E-state index contributed by atoms with van der Waals surface area (Å²) in [7, 11) is 0. The monoisotopic (exact) mass is 487 g/mol. The van der Waals surface area contributed by atoms with Gasteiger partial charge in [0.25, 0.3) is 0 Å². The highest BCUT2D eigenvalue weighted by atomic mass is 16.6. The van der Waals surface area contributed by atoms with E-state index in [0.29, 0.717) is 12.8 Å². The second-order valence-corrected chi connectivity index (χ2v) is 10.2. The zero-order valence-corrected chi connectivity index (χ0v) is 23.0. The van der Waals surface area contributed by atoms with Gasteiger partial charge in [-0.15, -0.1) is 0 Å². The molecule has 35 heavy (non-hydrogen) atoms. The lowest BCUT2D eigenvalue weighted by Crippen LogP contribution is -2.41. The van der Waals surface area contributed by atoms with Gasteiger partial charge in [-0.25, -0.2) is 0 Å². The summed E-state index contributed by atoms with van der Waals surface area (Å²) in [5, 5.41) is 3.60. The van der Waals surface area contributed by atoms with Crippen LogP contribution in [0.15, 0.2) is 12.1 Å². The Hall–Kier alpha value is -1.88. The minimum atomic E-state index is -1.17. The molecule has 1 aromatic carbocycles. The predicted molar refractivity (Wildman–Crippen MR) is 142 cm³/mol. The molecule has 1 aliphatic rings. The molecule has 0 radical (unpaired) electrons. The Kier molecular flexibility index (Phi) is 12.8. The smallest absolute Gasteiger partial charge is 0.323 e. The molecule has 1 atom stereocenters. The van der Waals surface area contributed by atoms with Crippen LogP contribution in [0.25, 0.3) is 0 Å². The van der Waals surface area contributed by atoms with Crippen molar-refractivity contribution in [3.05, 3.63) is 34.4 Å². The second kappa shape index (κ2) is 15.3. The fraction of sp³-hybridized carbons (Fsp3) is 0.733. The number of rotatable bonds is 16. The van der Waals surface area contributed by atoms with Crippen molar-refractivity contribution in [2.75, 3.05) is 13.2 Å². The van der Waals surface area contributed by atoms with Gasteiger partial charge in [0.1, 0.15) is 0 Å². The van der Waals surface area contributed by atoms with Crippen LogP contribution < -0.4 is 5.32 Å². The molecule has 1 aliphatic carbocycles. The fourth-order valence-corrected chi connectivity index (χ4v) is 5.31. The maximum Gasteiger partial charge on any atom is 0.323 e. The van der Waals surface area contributed by atoms with E-state index >= 15 is 0 Å². The number of unbranched alkanes of at least 4 members (excludes halogenated alkanes) is 7. The maximum atomic E-state index is 12.7. The van der Waals surface area contributed by atoms with Gasteiger partial charge in [-0.2, -0.15) is 0 Å². The first-order chi connectivity index (χ1) is 16.9. The average molecular weight is 488 g/mol. The molecule has 0 amide bonds. The van der Waals surface area contributed by atoms with E-state index in [1.807, 2.05) is 0 Å². The molecule has 0 heterocycles. The van der Waals surface area contributed by atoms with Crippen LogP contribution in [0, 0.1) is 19.3 Å². The minimum absolute atomic E-state index is 0.0838. The van der Waals surface area contributed by atoms with E-state index in [0.717, 1.165) is 19.4 Å². The summed E-state index contributed by atoms with van der Waals surface area (Å²) in [4.78, 5) is 25.4. The van der Waals surface area contributed by atoms with Crippen molar-refractivity contribution in [2.45, 2.75) is 124 Å². The first-order valence-electron chi connectivity index (χ1n) is 14.0. The Morgan fingerprint density at radius 3 is 2.00 bits per heavy atom. The number of esters is 2. The Bertz CT molecular complexity index is 786. The molecule has 5 heteroatoms. The SMILES string of the molecule is CCCCCCCCCCc1ccc(CNC2CCC(C(=O)OCC)(C(=O)OCC)C2)c(C)c1C. The highest BCUT2D eigenvalue weighted by Crippen LogP contribution is 2.41. The summed E-state index contributed by atoms with van der Waals surface area (Å²) in [6.45, 7) is 11.5. The lowest BCUT2D eigenvalue weighted by atomic mass is 9.86. The zero-order valence-electron chi connectivity index (χ0n) is 23.0. The van der Waals surface area contributed by atoms with Crippen LogP contribution in [0.3, 0.4) is 0 Å². The quantitative estimate of drug-likeness (QED) is 0.159. The third-order valence-electron chi connectivity index (χ3n) is 7.74. The van der Waals surface area contributed by atoms with E-state index in [4.69, 9.17) is 9.47 Å². The van der Waals surface area contributed by atoms with Crippen LogP contribution in [-0.4, -0.2) is 31.2 Å². The standard InChI is InChI=1S/C30H49NO4/c1-6-9-10-11-12-13-14-15-16-25-17-18-26(24(5)23(25)4)22-31-27-19-20-30(21-27,28(32)34-7-2)29(33)35-8-3/h17-18,27,31H,6-16,19-22H2,1-5H3. The number of hydrogen-bond acceptors (Lipinski definition) is 5. The van der Waals surface area contributed by atoms with Crippen LogP contribution in [0.2, 0.25) is 0 Å². The summed E-state index contributed by atoms with van der Waals surface area (Å²) in [6, 6.07) is 4.62. The summed E-state index contributed by atoms with van der Waals surface area (Å²) in [5.41, 5.74) is 4.31. The first-order valence-corrected chi connectivity index (χ1v) is 14.0. The maximum absolute atomic E-state index is 12.7. The van der Waals surface area contributed by atoms with Crippen molar-refractivity contribution in [3.63, 3.8) is 0 Å². The molecule has 2 rings (SSSR count). The third-order valence-corrected chi connectivity index (χ3v) is 7.74. The molecule has 0 bridgehead atoms. The van der Waals surface area contributed by atoms with Gasteiger partial charge in [0, 0.05) is 12.6 Å². The van der Waals surface area contributed by atoms with E-state index in [2.05, 4.69) is 38.2 Å². The fourth-order valence-electron chi connectivity index (χ4n) is 5.31. The third kappa shape index (κ3) is 8.34. The number of nitrogens with one attached hydrogen (secondary N) is 1. The summed E-state index contributed by atoms with van der Waals surface area (Å²) >= 11 is 0. The first kappa shape index (κ1) is 29.4. The number of aryl methyl sites for hydroxylation is 1. The van der Waals surface area contributed by atoms with Gasteiger partial charge in [-0.05, 0) is 82.1 Å². The van der Waals surface area contributed by atoms with E-state index in [1.165, 1.54) is 73.6 Å². The lowest BCUT2D eigenvalue weighted by Gasteiger charge is -2.25. The average Bonchev–Trinajstić information content (AvgIpc) is 3.29. The van der Waals surface area contributed by atoms with E-state index in [9.17, 15) is 9.59 Å². The van der Waals surface area contributed by atoms with Crippen molar-refractivity contribution in [1.82, 2.24) is 5.32 Å². The van der Waals surface area contributed by atoms with Crippen molar-refractivity contribution < 1.29 is 19.1 Å². The van der Waals surface area contributed by atoms with Gasteiger partial charge in [-0.1, -0.05) is 64.0 Å². The van der Waals surface area contributed by atoms with E-state index in [-0.39, 0.29) is 19.3 Å². The van der Waals surface area contributed by atoms with E-state index in [1.54, 1.807) is 13.8 Å². The summed E-state index contributed by atoms with van der Waals surface area (Å²) < 4.78 is 10.5. The Balaban J connectivity index is 1.87. The number of benzene rings is 1. The molecular formula is C30H49NO4. The molecule has 1 aromatic rings. The normalized spacial score (nSPS) is 16.9. The van der Waals surface area contributed by atoms with Crippen molar-refractivity contribution in [1.29, 1.82) is 0 Å². The van der Waals surface area contributed by atoms with Gasteiger partial charge in [-0.3, -0.25) is 9.59 Å². The topological polar surface area (TPSA) is 64.6 Å². The number of ether oxygens (including phenoxy) is 2. The van der Waals surface area contributed by atoms with Crippen molar-refractivity contribution in [2.24, 2.45) is 5.41 Å². The van der Waals surface area contributed by atoms with Crippen LogP contribution in [-0.2, 0) is 32.0 Å². The van der Waals surface area contributed by atoms with Gasteiger partial charge in [0.05, 0.1) is 13.2 Å². The Morgan fingerprint density at radius 1 is 0.857 bits per heavy atom. The van der Waals surface area contributed by atoms with Crippen LogP contribution in [0.4, 0.5) is 0 Å². The predicted octanol–water partition coefficient (Wildman–Crippen LogP) is 6.74. The highest BCUT2D eigenvalue weighted by Gasteiger charge is 2.53. The molecule has 1 fully saturated rings. The molecule has 0 saturated heterocycles. The van der Waals surface area contributed by atoms with Gasteiger partial charge in [0.2, 0.25) is 0 Å². The molecule has 1 unspecified atom stereocenters. The largest absolute Gasteiger partial charge is 0.465 e. The van der Waals surface area contributed by atoms with Crippen LogP contribution in [0.1, 0.15) is 114 Å². The number of carbonyl (C=O) groups excluding carboxylic acids is 2. The van der Waals surface area contributed by atoms with E-state index < -0.39 is 17.4 Å². The molecule has 1 N–H and O–H groups in total. The zero-order chi connectivity index (χ0) is 25.7. The van der Waals surface area contributed by atoms with Crippen LogP contribution in [0.5, 0.6) is 0 Å². The minimum Gasteiger partial charge on any atom is -0.465 e. The van der Waals surface area contributed by atoms with Crippen LogP contribution >= 0.6 is 0 Å². The van der Waals surface area contributed by atoms with Crippen molar-refractivity contribution in [3.8, 4) is 0 Å². The summed E-state index contributed by atoms with van der Waals surface area (Å²) in [5.74, 6) is -0.889. The Morgan fingerprint density at radius 2 is 1.40 bits per heavy atom. The summed E-state index contributed by atoms with van der Waals surface area (Å²) in [6.07, 6.45) is 13.6. The molecule has 0 aliphatic heterocycles. The Labute approximate surface area is 213 Å². The van der Waals surface area contributed by atoms with Gasteiger partial charge >= 0.3 is 11.9 Å². The van der Waals surface area contributed by atoms with Crippen molar-refractivity contribution >= 4 is 11.9 Å². The molecule has 198 valence electrons. The molecule has 1 saturated carbocycles. The molecular weight excluding hydrogens is 438 g/mol. The second-order valence-electron chi connectivity index (χ2n) is 10.2. The molecule has 5 nitrogen and oxygen atoms in total. The van der Waals surface area contributed by atoms with Gasteiger partial charge < -0.3 is 14.8 Å². The number of hydrogen-bond donors (Lipinski definition) is 1. The van der Waals surface area contributed by atoms with Gasteiger partial charge in [0.15, 0.2) is 5.41 Å². The molecule has 0 spiro atoms. The molecule has 0 aromatic heterocycles. The number of carbonyl (C=O) groups is 2.